The molecular weight excluding hydrogens is 292 g/mol. The first-order valence-electron chi connectivity index (χ1n) is 6.48. The zero-order chi connectivity index (χ0) is 14.8. The molecule has 0 amide bonds. The van der Waals surface area contributed by atoms with Crippen LogP contribution in [0.2, 0.25) is 0 Å². The van der Waals surface area contributed by atoms with E-state index in [9.17, 15) is 4.79 Å². The van der Waals surface area contributed by atoms with Crippen molar-refractivity contribution in [3.8, 4) is 17.1 Å². The number of carboxylic acids is 1. The lowest BCUT2D eigenvalue weighted by atomic mass is 10.2. The van der Waals surface area contributed by atoms with Crippen molar-refractivity contribution in [3.63, 3.8) is 0 Å². The number of methoxy groups -OCH3 is 1. The zero-order valence-electron chi connectivity index (χ0n) is 11.4. The van der Waals surface area contributed by atoms with Crippen LogP contribution in [-0.2, 0) is 4.79 Å². The molecule has 1 saturated carbocycles. The molecule has 0 atom stereocenters. The van der Waals surface area contributed by atoms with E-state index in [1.807, 2.05) is 10.6 Å². The number of ether oxygens (including phenoxy) is 1. The van der Waals surface area contributed by atoms with E-state index in [4.69, 9.17) is 9.84 Å². The summed E-state index contributed by atoms with van der Waals surface area (Å²) in [7, 11) is 1.58. The number of carboxylic acid groups (broad SMARTS) is 1. The van der Waals surface area contributed by atoms with Crippen molar-refractivity contribution in [3.05, 3.63) is 18.5 Å². The fraction of sp³-hybridized carbons (Fsp3) is 0.385. The number of carbonyl (C=O) groups is 1. The summed E-state index contributed by atoms with van der Waals surface area (Å²) in [6, 6.07) is 2.16. The quantitative estimate of drug-likeness (QED) is 0.814. The zero-order valence-corrected chi connectivity index (χ0v) is 12.2. The number of aromatic nitrogens is 4. The van der Waals surface area contributed by atoms with Crippen LogP contribution in [0.4, 0.5) is 0 Å². The molecule has 0 saturated heterocycles. The third-order valence-electron chi connectivity index (χ3n) is 3.15. The lowest BCUT2D eigenvalue weighted by Crippen LogP contribution is -2.04. The van der Waals surface area contributed by atoms with Crippen LogP contribution >= 0.6 is 11.8 Å². The summed E-state index contributed by atoms with van der Waals surface area (Å²) < 4.78 is 7.32. The molecule has 0 unspecified atom stereocenters. The Morgan fingerprint density at radius 3 is 3.00 bits per heavy atom. The Morgan fingerprint density at radius 2 is 2.33 bits per heavy atom. The maximum Gasteiger partial charge on any atom is 0.313 e. The maximum atomic E-state index is 10.7. The van der Waals surface area contributed by atoms with E-state index in [2.05, 4.69) is 15.2 Å². The molecule has 1 aliphatic carbocycles. The van der Waals surface area contributed by atoms with Crippen LogP contribution in [0.5, 0.6) is 5.75 Å². The van der Waals surface area contributed by atoms with E-state index in [1.165, 1.54) is 11.8 Å². The van der Waals surface area contributed by atoms with Crippen molar-refractivity contribution in [2.45, 2.75) is 24.0 Å². The molecule has 0 bridgehead atoms. The van der Waals surface area contributed by atoms with Gasteiger partial charge in [0.25, 0.3) is 0 Å². The number of hydrogen-bond acceptors (Lipinski definition) is 6. The minimum absolute atomic E-state index is 0.0294. The minimum atomic E-state index is -0.867. The summed E-state index contributed by atoms with van der Waals surface area (Å²) in [5.41, 5.74) is 0.814. The number of thioether (sulfide) groups is 1. The van der Waals surface area contributed by atoms with Gasteiger partial charge in [-0.1, -0.05) is 11.8 Å². The van der Waals surface area contributed by atoms with Crippen molar-refractivity contribution in [1.82, 2.24) is 19.7 Å². The van der Waals surface area contributed by atoms with Gasteiger partial charge >= 0.3 is 5.97 Å². The molecule has 1 aliphatic rings. The summed E-state index contributed by atoms with van der Waals surface area (Å²) in [6.45, 7) is 0. The highest BCUT2D eigenvalue weighted by molar-refractivity contribution is 7.99. The Labute approximate surface area is 125 Å². The Hall–Kier alpha value is -2.09. The highest BCUT2D eigenvalue weighted by Crippen LogP contribution is 2.42. The summed E-state index contributed by atoms with van der Waals surface area (Å²) in [5, 5.41) is 17.8. The lowest BCUT2D eigenvalue weighted by molar-refractivity contribution is -0.133. The average molecular weight is 306 g/mol. The summed E-state index contributed by atoms with van der Waals surface area (Å²) in [4.78, 5) is 14.8. The van der Waals surface area contributed by atoms with Gasteiger partial charge in [-0.3, -0.25) is 14.3 Å². The number of pyridine rings is 1. The molecule has 0 aromatic carbocycles. The summed E-state index contributed by atoms with van der Waals surface area (Å²) in [6.07, 6.45) is 5.41. The Kier molecular flexibility index (Phi) is 3.78. The standard InChI is InChI=1S/C13H14N4O3S/c1-20-10-6-14-5-4-9(10)12-15-16-13(21-7-11(18)19)17(12)8-2-3-8/h4-6,8H,2-3,7H2,1H3,(H,18,19). The third-order valence-corrected chi connectivity index (χ3v) is 4.07. The van der Waals surface area contributed by atoms with Gasteiger partial charge in [-0.05, 0) is 18.9 Å². The fourth-order valence-corrected chi connectivity index (χ4v) is 2.80. The maximum absolute atomic E-state index is 10.7. The molecular formula is C13H14N4O3S. The van der Waals surface area contributed by atoms with Gasteiger partial charge in [-0.2, -0.15) is 0 Å². The molecule has 2 heterocycles. The van der Waals surface area contributed by atoms with Crippen molar-refractivity contribution < 1.29 is 14.6 Å². The van der Waals surface area contributed by atoms with Crippen LogP contribution in [-0.4, -0.2) is 43.7 Å². The molecule has 2 aromatic heterocycles. The van der Waals surface area contributed by atoms with E-state index in [1.54, 1.807) is 19.5 Å². The first kappa shape index (κ1) is 13.9. The van der Waals surface area contributed by atoms with Gasteiger partial charge in [0.1, 0.15) is 5.75 Å². The van der Waals surface area contributed by atoms with E-state index in [-0.39, 0.29) is 5.75 Å². The first-order valence-corrected chi connectivity index (χ1v) is 7.47. The normalized spacial score (nSPS) is 14.1. The Balaban J connectivity index is 2.00. The van der Waals surface area contributed by atoms with Crippen LogP contribution in [0.25, 0.3) is 11.4 Å². The molecule has 21 heavy (non-hydrogen) atoms. The summed E-state index contributed by atoms with van der Waals surface area (Å²) in [5.74, 6) is 0.429. The van der Waals surface area contributed by atoms with Crippen molar-refractivity contribution >= 4 is 17.7 Å². The lowest BCUT2D eigenvalue weighted by Gasteiger charge is -2.10. The largest absolute Gasteiger partial charge is 0.494 e. The van der Waals surface area contributed by atoms with Gasteiger partial charge in [0.2, 0.25) is 0 Å². The van der Waals surface area contributed by atoms with Crippen molar-refractivity contribution in [1.29, 1.82) is 0 Å². The average Bonchev–Trinajstić information content (AvgIpc) is 3.24. The Bertz CT molecular complexity index is 669. The second-order valence-electron chi connectivity index (χ2n) is 4.67. The highest BCUT2D eigenvalue weighted by atomic mass is 32.2. The SMILES string of the molecule is COc1cnccc1-c1nnc(SCC(=O)O)n1C1CC1. The van der Waals surface area contributed by atoms with Crippen LogP contribution in [0.3, 0.4) is 0 Å². The predicted octanol–water partition coefficient (Wildman–Crippen LogP) is 1.86. The van der Waals surface area contributed by atoms with Crippen molar-refractivity contribution in [2.75, 3.05) is 12.9 Å². The van der Waals surface area contributed by atoms with Crippen LogP contribution in [0.1, 0.15) is 18.9 Å². The van der Waals surface area contributed by atoms with Crippen LogP contribution in [0.15, 0.2) is 23.6 Å². The number of rotatable bonds is 6. The minimum Gasteiger partial charge on any atom is -0.494 e. The number of hydrogen-bond donors (Lipinski definition) is 1. The number of aliphatic carboxylic acids is 1. The van der Waals surface area contributed by atoms with Gasteiger partial charge in [0.15, 0.2) is 11.0 Å². The fourth-order valence-electron chi connectivity index (χ4n) is 2.07. The molecule has 7 nitrogen and oxygen atoms in total. The topological polar surface area (TPSA) is 90.1 Å². The van der Waals surface area contributed by atoms with Crippen LogP contribution < -0.4 is 4.74 Å². The molecule has 0 spiro atoms. The molecule has 2 aromatic rings. The van der Waals surface area contributed by atoms with Gasteiger partial charge in [0, 0.05) is 12.2 Å². The van der Waals surface area contributed by atoms with E-state index >= 15 is 0 Å². The smallest absolute Gasteiger partial charge is 0.313 e. The van der Waals surface area contributed by atoms with E-state index in [0.717, 1.165) is 18.4 Å². The molecule has 0 aliphatic heterocycles. The first-order chi connectivity index (χ1) is 10.2. The van der Waals surface area contributed by atoms with E-state index in [0.29, 0.717) is 22.8 Å². The van der Waals surface area contributed by atoms with Gasteiger partial charge in [0.05, 0.1) is 24.6 Å². The van der Waals surface area contributed by atoms with Crippen molar-refractivity contribution in [2.24, 2.45) is 0 Å². The van der Waals surface area contributed by atoms with Crippen LogP contribution in [0, 0.1) is 0 Å². The summed E-state index contributed by atoms with van der Waals surface area (Å²) >= 11 is 1.19. The molecule has 110 valence electrons. The third kappa shape index (κ3) is 2.85. The molecule has 8 heteroatoms. The second-order valence-corrected chi connectivity index (χ2v) is 5.61. The van der Waals surface area contributed by atoms with Gasteiger partial charge in [-0.25, -0.2) is 0 Å². The number of nitrogens with zero attached hydrogens (tertiary/aromatic N) is 4. The predicted molar refractivity (Wildman–Crippen MR) is 76.4 cm³/mol. The molecule has 0 radical (unpaired) electrons. The monoisotopic (exact) mass is 306 g/mol. The Morgan fingerprint density at radius 1 is 1.52 bits per heavy atom. The second kappa shape index (κ2) is 5.72. The molecule has 3 rings (SSSR count). The molecule has 1 N–H and O–H groups in total. The van der Waals surface area contributed by atoms with Gasteiger partial charge < -0.3 is 9.84 Å². The highest BCUT2D eigenvalue weighted by Gasteiger charge is 2.31. The molecule has 1 fully saturated rings. The van der Waals surface area contributed by atoms with E-state index < -0.39 is 5.97 Å². The van der Waals surface area contributed by atoms with Gasteiger partial charge in [-0.15, -0.1) is 10.2 Å².